The third-order valence-corrected chi connectivity index (χ3v) is 2.11. The lowest BCUT2D eigenvalue weighted by Gasteiger charge is -2.11. The van der Waals surface area contributed by atoms with Crippen LogP contribution < -0.4 is 0 Å². The summed E-state index contributed by atoms with van der Waals surface area (Å²) in [4.78, 5) is 0. The van der Waals surface area contributed by atoms with Crippen molar-refractivity contribution in [1.82, 2.24) is 0 Å². The summed E-state index contributed by atoms with van der Waals surface area (Å²) in [5, 5.41) is 10.8. The Hall–Kier alpha value is -0.820. The molecule has 0 aromatic heterocycles. The highest BCUT2D eigenvalue weighted by Crippen LogP contribution is 2.19. The summed E-state index contributed by atoms with van der Waals surface area (Å²) in [6, 6.07) is 10.1. The fraction of sp³-hybridized carbons (Fsp3) is 0.455. The van der Waals surface area contributed by atoms with E-state index in [1.165, 1.54) is 5.56 Å². The molecule has 0 saturated heterocycles. The van der Waals surface area contributed by atoms with Crippen LogP contribution in [-0.4, -0.2) is 6.61 Å². The molecule has 1 heteroatoms. The molecule has 0 heterocycles. The zero-order valence-electron chi connectivity index (χ0n) is 7.49. The molecule has 1 radical (unpaired) electrons. The molecule has 0 aliphatic carbocycles. The first-order valence-electron chi connectivity index (χ1n) is 4.51. The number of hydrogen-bond donors (Lipinski definition) is 0. The summed E-state index contributed by atoms with van der Waals surface area (Å²) >= 11 is 0. The van der Waals surface area contributed by atoms with Crippen molar-refractivity contribution in [3.8, 4) is 0 Å². The lowest BCUT2D eigenvalue weighted by Crippen LogP contribution is -2.01. The Bertz CT molecular complexity index is 206. The van der Waals surface area contributed by atoms with Crippen molar-refractivity contribution in [2.24, 2.45) is 0 Å². The van der Waals surface area contributed by atoms with Gasteiger partial charge in [-0.3, -0.25) is 0 Å². The van der Waals surface area contributed by atoms with Crippen LogP contribution in [0, 0.1) is 0 Å². The molecule has 1 nitrogen and oxygen atoms in total. The fourth-order valence-electron chi connectivity index (χ4n) is 1.42. The predicted octanol–water partition coefficient (Wildman–Crippen LogP) is 3.00. The summed E-state index contributed by atoms with van der Waals surface area (Å²) in [6.45, 7) is 2.13. The van der Waals surface area contributed by atoms with Crippen LogP contribution in [0.15, 0.2) is 30.3 Å². The Labute approximate surface area is 74.1 Å². The van der Waals surface area contributed by atoms with Gasteiger partial charge in [-0.25, -0.2) is 5.11 Å². The third-order valence-electron chi connectivity index (χ3n) is 2.11. The second kappa shape index (κ2) is 4.94. The predicted molar refractivity (Wildman–Crippen MR) is 49.6 cm³/mol. The van der Waals surface area contributed by atoms with Crippen LogP contribution in [0.3, 0.4) is 0 Å². The molecule has 1 aromatic carbocycles. The van der Waals surface area contributed by atoms with Gasteiger partial charge in [0.15, 0.2) is 0 Å². The number of hydrogen-bond acceptors (Lipinski definition) is 0. The first-order valence-corrected chi connectivity index (χ1v) is 4.51. The second-order valence-corrected chi connectivity index (χ2v) is 3.06. The van der Waals surface area contributed by atoms with Gasteiger partial charge in [0.2, 0.25) is 0 Å². The van der Waals surface area contributed by atoms with Crippen LogP contribution in [0.1, 0.15) is 31.2 Å². The number of benzene rings is 1. The maximum Gasteiger partial charge on any atom is 0.0890 e. The van der Waals surface area contributed by atoms with E-state index in [1.54, 1.807) is 0 Å². The summed E-state index contributed by atoms with van der Waals surface area (Å²) in [5.41, 5.74) is 1.19. The van der Waals surface area contributed by atoms with Gasteiger partial charge in [0.25, 0.3) is 0 Å². The molecule has 1 unspecified atom stereocenters. The topological polar surface area (TPSA) is 19.9 Å². The van der Waals surface area contributed by atoms with E-state index < -0.39 is 0 Å². The Kier molecular flexibility index (Phi) is 3.81. The summed E-state index contributed by atoms with van der Waals surface area (Å²) in [7, 11) is 0. The molecule has 0 aliphatic rings. The van der Waals surface area contributed by atoms with Gasteiger partial charge in [-0.1, -0.05) is 43.7 Å². The van der Waals surface area contributed by atoms with Gasteiger partial charge < -0.3 is 0 Å². The van der Waals surface area contributed by atoms with Gasteiger partial charge in [0.1, 0.15) is 0 Å². The molecule has 0 spiro atoms. The molecule has 0 amide bonds. The van der Waals surface area contributed by atoms with Crippen LogP contribution >= 0.6 is 0 Å². The Balaban J connectivity index is 2.66. The normalized spacial score (nSPS) is 12.8. The van der Waals surface area contributed by atoms with E-state index >= 15 is 0 Å². The quantitative estimate of drug-likeness (QED) is 0.650. The average molecular weight is 163 g/mol. The van der Waals surface area contributed by atoms with E-state index in [4.69, 9.17) is 0 Å². The van der Waals surface area contributed by atoms with E-state index in [0.29, 0.717) is 0 Å². The Morgan fingerprint density at radius 3 is 2.42 bits per heavy atom. The van der Waals surface area contributed by atoms with Gasteiger partial charge >= 0.3 is 0 Å². The minimum atomic E-state index is 0.0118. The molecule has 0 saturated carbocycles. The van der Waals surface area contributed by atoms with Gasteiger partial charge in [-0.2, -0.15) is 0 Å². The summed E-state index contributed by atoms with van der Waals surface area (Å²) in [6.07, 6.45) is 2.09. The molecule has 0 fully saturated rings. The second-order valence-electron chi connectivity index (χ2n) is 3.06. The van der Waals surface area contributed by atoms with E-state index in [9.17, 15) is 5.11 Å². The van der Waals surface area contributed by atoms with Crippen molar-refractivity contribution >= 4 is 0 Å². The highest BCUT2D eigenvalue weighted by Gasteiger charge is 2.08. The van der Waals surface area contributed by atoms with Crippen LogP contribution in [0.25, 0.3) is 0 Å². The van der Waals surface area contributed by atoms with Crippen LogP contribution in [0.4, 0.5) is 0 Å². The summed E-state index contributed by atoms with van der Waals surface area (Å²) in [5.74, 6) is 0.219. The van der Waals surface area contributed by atoms with Crippen LogP contribution in [0.5, 0.6) is 0 Å². The number of rotatable bonds is 4. The molecule has 12 heavy (non-hydrogen) atoms. The lowest BCUT2D eigenvalue weighted by atomic mass is 9.96. The van der Waals surface area contributed by atoms with E-state index in [-0.39, 0.29) is 12.5 Å². The Morgan fingerprint density at radius 1 is 1.25 bits per heavy atom. The molecule has 0 aliphatic heterocycles. The monoisotopic (exact) mass is 163 g/mol. The first-order chi connectivity index (χ1) is 5.88. The standard InChI is InChI=1S/C11H15O/c1-2-6-11(9-12)10-7-4-3-5-8-10/h3-5,7-8,11H,2,6,9H2,1H3. The minimum Gasteiger partial charge on any atom is -0.236 e. The fourth-order valence-corrected chi connectivity index (χ4v) is 1.42. The zero-order chi connectivity index (χ0) is 8.81. The molecule has 1 atom stereocenters. The molecule has 65 valence electrons. The highest BCUT2D eigenvalue weighted by molar-refractivity contribution is 5.19. The summed E-state index contributed by atoms with van der Waals surface area (Å²) < 4.78 is 0. The lowest BCUT2D eigenvalue weighted by molar-refractivity contribution is 0.168. The van der Waals surface area contributed by atoms with Crippen LogP contribution in [-0.2, 0) is 5.11 Å². The van der Waals surface area contributed by atoms with Gasteiger partial charge in [0.05, 0.1) is 6.61 Å². The van der Waals surface area contributed by atoms with E-state index in [0.717, 1.165) is 12.8 Å². The molecule has 1 rings (SSSR count). The molecule has 0 N–H and O–H groups in total. The molecule has 0 bridgehead atoms. The van der Waals surface area contributed by atoms with Crippen molar-refractivity contribution in [2.45, 2.75) is 25.7 Å². The van der Waals surface area contributed by atoms with E-state index in [2.05, 4.69) is 6.92 Å². The Morgan fingerprint density at radius 2 is 1.92 bits per heavy atom. The van der Waals surface area contributed by atoms with Gasteiger partial charge in [0, 0.05) is 5.92 Å². The maximum atomic E-state index is 10.8. The molecular weight excluding hydrogens is 148 g/mol. The van der Waals surface area contributed by atoms with Crippen molar-refractivity contribution in [1.29, 1.82) is 0 Å². The molecular formula is C11H15O. The minimum absolute atomic E-state index is 0.0118. The zero-order valence-corrected chi connectivity index (χ0v) is 7.49. The van der Waals surface area contributed by atoms with Crippen molar-refractivity contribution in [3.05, 3.63) is 35.9 Å². The SMILES string of the molecule is CCCC(C[O])c1ccccc1. The average Bonchev–Trinajstić information content (AvgIpc) is 2.15. The smallest absolute Gasteiger partial charge is 0.0890 e. The van der Waals surface area contributed by atoms with Crippen molar-refractivity contribution < 1.29 is 5.11 Å². The van der Waals surface area contributed by atoms with Gasteiger partial charge in [-0.05, 0) is 12.0 Å². The van der Waals surface area contributed by atoms with Crippen LogP contribution in [0.2, 0.25) is 0 Å². The highest BCUT2D eigenvalue weighted by atomic mass is 16.3. The third kappa shape index (κ3) is 2.35. The van der Waals surface area contributed by atoms with Gasteiger partial charge in [-0.15, -0.1) is 0 Å². The van der Waals surface area contributed by atoms with Crippen molar-refractivity contribution in [2.75, 3.05) is 6.61 Å². The molecule has 1 aromatic rings. The largest absolute Gasteiger partial charge is 0.236 e. The van der Waals surface area contributed by atoms with E-state index in [1.807, 2.05) is 30.3 Å². The first kappa shape index (κ1) is 9.27. The van der Waals surface area contributed by atoms with Crippen molar-refractivity contribution in [3.63, 3.8) is 0 Å². The maximum absolute atomic E-state index is 10.8.